The van der Waals surface area contributed by atoms with Gasteiger partial charge in [-0.05, 0) is 26.7 Å². The molecule has 3 heterocycles. The second-order valence-electron chi connectivity index (χ2n) is 5.95. The lowest BCUT2D eigenvalue weighted by Gasteiger charge is -2.39. The fourth-order valence-corrected chi connectivity index (χ4v) is 3.23. The van der Waals surface area contributed by atoms with E-state index in [2.05, 4.69) is 4.98 Å². The van der Waals surface area contributed by atoms with Crippen molar-refractivity contribution >= 4 is 5.91 Å². The van der Waals surface area contributed by atoms with E-state index in [1.807, 2.05) is 11.8 Å². The number of nitrogens with zero attached hydrogens (tertiary/aromatic N) is 2. The minimum atomic E-state index is -0.564. The molecule has 1 aromatic heterocycles. The zero-order chi connectivity index (χ0) is 15.0. The number of aryl methyl sites for hydroxylation is 2. The van der Waals surface area contributed by atoms with Crippen LogP contribution in [0.25, 0.3) is 0 Å². The van der Waals surface area contributed by atoms with Gasteiger partial charge in [-0.2, -0.15) is 0 Å². The summed E-state index contributed by atoms with van der Waals surface area (Å²) in [7, 11) is 0. The van der Waals surface area contributed by atoms with Crippen LogP contribution in [-0.2, 0) is 9.47 Å². The number of carbonyl (C=O) groups is 1. The molecule has 2 aliphatic rings. The van der Waals surface area contributed by atoms with Crippen molar-refractivity contribution in [1.29, 1.82) is 0 Å². The minimum Gasteiger partial charge on any atom is -0.436 e. The Morgan fingerprint density at radius 1 is 1.33 bits per heavy atom. The highest BCUT2D eigenvalue weighted by Crippen LogP contribution is 2.34. The molecule has 6 nitrogen and oxygen atoms in total. The van der Waals surface area contributed by atoms with Crippen molar-refractivity contribution in [1.82, 2.24) is 9.88 Å². The Balaban J connectivity index is 1.74. The van der Waals surface area contributed by atoms with Crippen molar-refractivity contribution in [3.05, 3.63) is 17.3 Å². The van der Waals surface area contributed by atoms with Gasteiger partial charge < -0.3 is 18.8 Å². The second kappa shape index (κ2) is 5.42. The highest BCUT2D eigenvalue weighted by molar-refractivity contribution is 5.92. The number of aromatic nitrogens is 1. The number of carbonyl (C=O) groups excluding carboxylic acids is 1. The first-order valence-electron chi connectivity index (χ1n) is 7.51. The molecular formula is C15H22N2O4. The van der Waals surface area contributed by atoms with E-state index in [4.69, 9.17) is 13.9 Å². The summed E-state index contributed by atoms with van der Waals surface area (Å²) < 4.78 is 16.9. The Labute approximate surface area is 124 Å². The molecule has 0 radical (unpaired) electrons. The van der Waals surface area contributed by atoms with E-state index in [0.29, 0.717) is 37.1 Å². The van der Waals surface area contributed by atoms with Gasteiger partial charge in [0.2, 0.25) is 5.76 Å². The summed E-state index contributed by atoms with van der Waals surface area (Å²) in [6.07, 6.45) is 1.96. The van der Waals surface area contributed by atoms with E-state index in [1.54, 1.807) is 13.8 Å². The number of piperidine rings is 1. The first-order chi connectivity index (χ1) is 9.99. The zero-order valence-electron chi connectivity index (χ0n) is 12.8. The Morgan fingerprint density at radius 3 is 2.67 bits per heavy atom. The molecule has 0 saturated carbocycles. The lowest BCUT2D eigenvalue weighted by molar-refractivity contribution is -0.189. The van der Waals surface area contributed by atoms with Gasteiger partial charge in [-0.3, -0.25) is 4.79 Å². The Kier molecular flexibility index (Phi) is 3.75. The molecule has 0 spiro atoms. The molecule has 2 saturated heterocycles. The zero-order valence-corrected chi connectivity index (χ0v) is 12.8. The van der Waals surface area contributed by atoms with Crippen molar-refractivity contribution in [3.8, 4) is 0 Å². The molecule has 1 atom stereocenters. The summed E-state index contributed by atoms with van der Waals surface area (Å²) in [5, 5.41) is 0. The van der Waals surface area contributed by atoms with Gasteiger partial charge in [0.15, 0.2) is 11.7 Å². The predicted molar refractivity (Wildman–Crippen MR) is 74.9 cm³/mol. The van der Waals surface area contributed by atoms with E-state index >= 15 is 0 Å². The van der Waals surface area contributed by atoms with Crippen LogP contribution in [0, 0.1) is 19.8 Å². The van der Waals surface area contributed by atoms with E-state index in [-0.39, 0.29) is 11.8 Å². The molecule has 0 aliphatic carbocycles. The summed E-state index contributed by atoms with van der Waals surface area (Å²) in [4.78, 5) is 18.6. The molecule has 0 bridgehead atoms. The molecule has 3 rings (SSSR count). The molecule has 1 unspecified atom stereocenters. The summed E-state index contributed by atoms with van der Waals surface area (Å²) >= 11 is 0. The molecule has 21 heavy (non-hydrogen) atoms. The summed E-state index contributed by atoms with van der Waals surface area (Å²) in [5.74, 6) is 0.428. The van der Waals surface area contributed by atoms with E-state index in [9.17, 15) is 4.79 Å². The third kappa shape index (κ3) is 2.70. The third-order valence-electron chi connectivity index (χ3n) is 4.41. The van der Waals surface area contributed by atoms with Crippen LogP contribution in [0.15, 0.2) is 4.42 Å². The average molecular weight is 294 g/mol. The second-order valence-corrected chi connectivity index (χ2v) is 5.95. The molecule has 6 heteroatoms. The molecule has 1 aromatic rings. The number of ether oxygens (including phenoxy) is 2. The topological polar surface area (TPSA) is 64.8 Å². The molecule has 0 N–H and O–H groups in total. The predicted octanol–water partition coefficient (Wildman–Crippen LogP) is 1.91. The van der Waals surface area contributed by atoms with E-state index in [1.165, 1.54) is 0 Å². The molecule has 2 aliphatic heterocycles. The van der Waals surface area contributed by atoms with Gasteiger partial charge in [-0.1, -0.05) is 0 Å². The summed E-state index contributed by atoms with van der Waals surface area (Å²) in [5.41, 5.74) is 0.652. The number of hydrogen-bond acceptors (Lipinski definition) is 5. The summed E-state index contributed by atoms with van der Waals surface area (Å²) in [6.45, 7) is 8.16. The van der Waals surface area contributed by atoms with Gasteiger partial charge in [-0.15, -0.1) is 0 Å². The van der Waals surface area contributed by atoms with Crippen LogP contribution in [0.1, 0.15) is 41.9 Å². The molecule has 2 fully saturated rings. The number of rotatable bonds is 2. The van der Waals surface area contributed by atoms with E-state index < -0.39 is 5.79 Å². The van der Waals surface area contributed by atoms with Crippen molar-refractivity contribution in [3.63, 3.8) is 0 Å². The van der Waals surface area contributed by atoms with Crippen LogP contribution >= 0.6 is 0 Å². The maximum absolute atomic E-state index is 12.6. The maximum Gasteiger partial charge on any atom is 0.291 e. The fourth-order valence-electron chi connectivity index (χ4n) is 3.23. The van der Waals surface area contributed by atoms with Crippen LogP contribution in [0.5, 0.6) is 0 Å². The van der Waals surface area contributed by atoms with Crippen LogP contribution in [0.4, 0.5) is 0 Å². The van der Waals surface area contributed by atoms with Crippen LogP contribution in [0.3, 0.4) is 0 Å². The third-order valence-corrected chi connectivity index (χ3v) is 4.41. The van der Waals surface area contributed by atoms with Crippen LogP contribution in [0.2, 0.25) is 0 Å². The van der Waals surface area contributed by atoms with Gasteiger partial charge in [0.1, 0.15) is 0 Å². The fraction of sp³-hybridized carbons (Fsp3) is 0.733. The Hall–Kier alpha value is -1.40. The van der Waals surface area contributed by atoms with Crippen LogP contribution < -0.4 is 0 Å². The van der Waals surface area contributed by atoms with Crippen molar-refractivity contribution in [2.75, 3.05) is 26.3 Å². The molecule has 0 aromatic carbocycles. The monoisotopic (exact) mass is 294 g/mol. The minimum absolute atomic E-state index is 0.0839. The SMILES string of the molecule is Cc1nc(C)c(C(=O)N2CCCC(C3(C)OCCO3)C2)o1. The van der Waals surface area contributed by atoms with Gasteiger partial charge in [0.25, 0.3) is 5.91 Å². The lowest BCUT2D eigenvalue weighted by atomic mass is 9.90. The Morgan fingerprint density at radius 2 is 2.05 bits per heavy atom. The van der Waals surface area contributed by atoms with Crippen molar-refractivity contribution in [2.24, 2.45) is 5.92 Å². The first-order valence-corrected chi connectivity index (χ1v) is 7.51. The number of amides is 1. The van der Waals surface area contributed by atoms with Gasteiger partial charge in [-0.25, -0.2) is 4.98 Å². The van der Waals surface area contributed by atoms with Gasteiger partial charge >= 0.3 is 0 Å². The quantitative estimate of drug-likeness (QED) is 0.833. The highest BCUT2D eigenvalue weighted by Gasteiger charge is 2.43. The maximum atomic E-state index is 12.6. The molecule has 1 amide bonds. The number of hydrogen-bond donors (Lipinski definition) is 0. The number of likely N-dealkylation sites (tertiary alicyclic amines) is 1. The first kappa shape index (κ1) is 14.5. The lowest BCUT2D eigenvalue weighted by Crippen LogP contribution is -2.48. The molecule has 116 valence electrons. The van der Waals surface area contributed by atoms with Gasteiger partial charge in [0, 0.05) is 25.9 Å². The van der Waals surface area contributed by atoms with Crippen molar-refractivity contribution in [2.45, 2.75) is 39.4 Å². The summed E-state index contributed by atoms with van der Waals surface area (Å²) in [6, 6.07) is 0. The van der Waals surface area contributed by atoms with Gasteiger partial charge in [0.05, 0.1) is 18.9 Å². The highest BCUT2D eigenvalue weighted by atomic mass is 16.7. The smallest absolute Gasteiger partial charge is 0.291 e. The normalized spacial score (nSPS) is 25.3. The van der Waals surface area contributed by atoms with E-state index in [0.717, 1.165) is 19.4 Å². The average Bonchev–Trinajstić information content (AvgIpc) is 3.05. The number of oxazole rings is 1. The van der Waals surface area contributed by atoms with Crippen molar-refractivity contribution < 1.29 is 18.7 Å². The Bertz CT molecular complexity index is 534. The largest absolute Gasteiger partial charge is 0.436 e. The standard InChI is InChI=1S/C15H22N2O4/c1-10-13(21-11(2)16-10)14(18)17-6-4-5-12(9-17)15(3)19-7-8-20-15/h12H,4-9H2,1-3H3. The molecular weight excluding hydrogens is 272 g/mol. The van der Waals surface area contributed by atoms with Crippen LogP contribution in [-0.4, -0.2) is 47.9 Å².